The minimum Gasteiger partial charge on any atom is -0.222 e. The predicted molar refractivity (Wildman–Crippen MR) is 29.7 cm³/mol. The van der Waals surface area contributed by atoms with Gasteiger partial charge in [-0.25, -0.2) is 8.42 Å². The fourth-order valence-corrected chi connectivity index (χ4v) is 0.642. The molecule has 0 fully saturated rings. The van der Waals surface area contributed by atoms with Crippen molar-refractivity contribution >= 4 is 9.84 Å². The van der Waals surface area contributed by atoms with Crippen LogP contribution in [-0.4, -0.2) is 14.7 Å². The quantitative estimate of drug-likeness (QED) is 0.538. The summed E-state index contributed by atoms with van der Waals surface area (Å²) in [5.41, 5.74) is 0. The third-order valence-corrected chi connectivity index (χ3v) is 1.53. The molecule has 0 spiro atoms. The largest absolute Gasteiger partial charge is 0.222 e. The van der Waals surface area contributed by atoms with Gasteiger partial charge in [0.15, 0.2) is 0 Å². The van der Waals surface area contributed by atoms with E-state index in [0.29, 0.717) is 0 Å². The molecule has 0 aromatic carbocycles. The molecular formula is C4H7FO2S. The molecule has 4 heteroatoms. The van der Waals surface area contributed by atoms with E-state index in [4.69, 9.17) is 0 Å². The summed E-state index contributed by atoms with van der Waals surface area (Å²) in [6.07, 6.45) is 1.73. The minimum absolute atomic E-state index is 0.822. The van der Waals surface area contributed by atoms with Gasteiger partial charge in [-0.3, -0.25) is 0 Å². The number of hydrogen-bond donors (Lipinski definition) is 0. The number of allylic oxidation sites excluding steroid dienone is 1. The summed E-state index contributed by atoms with van der Waals surface area (Å²) in [6.45, 7) is 1.33. The predicted octanol–water partition coefficient (Wildman–Crippen LogP) is 0.862. The average molecular weight is 138 g/mol. The Hall–Kier alpha value is -0.380. The van der Waals surface area contributed by atoms with Crippen LogP contribution in [0.4, 0.5) is 4.39 Å². The second-order valence-corrected chi connectivity index (χ2v) is 3.30. The molecule has 0 bridgehead atoms. The molecule has 0 aromatic heterocycles. The van der Waals surface area contributed by atoms with Crippen LogP contribution in [0.25, 0.3) is 0 Å². The molecule has 2 nitrogen and oxygen atoms in total. The van der Waals surface area contributed by atoms with Crippen molar-refractivity contribution in [2.24, 2.45) is 0 Å². The summed E-state index contributed by atoms with van der Waals surface area (Å²) in [5.74, 6) is 0. The number of sulfone groups is 1. The smallest absolute Gasteiger partial charge is 0.210 e. The second-order valence-electron chi connectivity index (χ2n) is 1.36. The second kappa shape index (κ2) is 2.26. The highest BCUT2D eigenvalue weighted by atomic mass is 32.2. The van der Waals surface area contributed by atoms with Crippen LogP contribution in [0.1, 0.15) is 6.92 Å². The highest BCUT2D eigenvalue weighted by Gasteiger charge is 2.06. The fraction of sp³-hybridized carbons (Fsp3) is 0.500. The van der Waals surface area contributed by atoms with Gasteiger partial charge in [0, 0.05) is 6.26 Å². The van der Waals surface area contributed by atoms with Crippen molar-refractivity contribution in [3.8, 4) is 0 Å². The van der Waals surface area contributed by atoms with Crippen molar-refractivity contribution in [3.05, 3.63) is 11.2 Å². The minimum atomic E-state index is -3.56. The zero-order valence-corrected chi connectivity index (χ0v) is 5.50. The lowest BCUT2D eigenvalue weighted by Crippen LogP contribution is -1.94. The van der Waals surface area contributed by atoms with Gasteiger partial charge in [-0.1, -0.05) is 0 Å². The van der Waals surface area contributed by atoms with Crippen LogP contribution in [0.5, 0.6) is 0 Å². The Morgan fingerprint density at radius 2 is 2.00 bits per heavy atom. The van der Waals surface area contributed by atoms with Crippen molar-refractivity contribution in [1.82, 2.24) is 0 Å². The molecule has 0 aliphatic rings. The van der Waals surface area contributed by atoms with E-state index in [0.717, 1.165) is 12.3 Å². The molecular weight excluding hydrogens is 131 g/mol. The molecule has 0 unspecified atom stereocenters. The lowest BCUT2D eigenvalue weighted by atomic mass is 10.8. The number of rotatable bonds is 1. The molecule has 0 saturated carbocycles. The Balaban J connectivity index is 4.55. The summed E-state index contributed by atoms with van der Waals surface area (Å²) in [6, 6.07) is 0. The summed E-state index contributed by atoms with van der Waals surface area (Å²) >= 11 is 0. The molecule has 0 rings (SSSR count). The molecule has 0 heterocycles. The van der Waals surface area contributed by atoms with Gasteiger partial charge in [0.25, 0.3) is 0 Å². The average Bonchev–Trinajstić information content (AvgIpc) is 1.62. The molecule has 0 aliphatic carbocycles. The number of halogens is 1. The van der Waals surface area contributed by atoms with E-state index in [2.05, 4.69) is 0 Å². The Kier molecular flexibility index (Phi) is 2.15. The Morgan fingerprint density at radius 3 is 2.00 bits per heavy atom. The molecule has 0 radical (unpaired) electrons. The maximum Gasteiger partial charge on any atom is 0.210 e. The van der Waals surface area contributed by atoms with E-state index in [1.165, 1.54) is 6.92 Å². The van der Waals surface area contributed by atoms with Crippen LogP contribution >= 0.6 is 0 Å². The summed E-state index contributed by atoms with van der Waals surface area (Å²) in [4.78, 5) is 0. The van der Waals surface area contributed by atoms with Gasteiger partial charge in [0.2, 0.25) is 15.0 Å². The maximum atomic E-state index is 11.9. The van der Waals surface area contributed by atoms with Gasteiger partial charge in [0.1, 0.15) is 0 Å². The standard InChI is InChI=1S/C4H7FO2S/c1-3-4(5)8(2,6)7/h3H,1-2H3/b4-3+. The SMILES string of the molecule is C/C=C(\F)S(C)(=O)=O. The van der Waals surface area contributed by atoms with Crippen molar-refractivity contribution in [2.45, 2.75) is 6.92 Å². The first-order valence-electron chi connectivity index (χ1n) is 2.00. The summed E-state index contributed by atoms with van der Waals surface area (Å²) < 4.78 is 32.2. The molecule has 8 heavy (non-hydrogen) atoms. The normalized spacial score (nSPS) is 14.1. The van der Waals surface area contributed by atoms with Crippen LogP contribution in [0.3, 0.4) is 0 Å². The fourth-order valence-electron chi connectivity index (χ4n) is 0.214. The van der Waals surface area contributed by atoms with Crippen molar-refractivity contribution in [2.75, 3.05) is 6.26 Å². The van der Waals surface area contributed by atoms with Crippen LogP contribution in [-0.2, 0) is 9.84 Å². The van der Waals surface area contributed by atoms with Gasteiger partial charge in [0.05, 0.1) is 0 Å². The highest BCUT2D eigenvalue weighted by molar-refractivity contribution is 7.94. The Bertz CT molecular complexity index is 190. The van der Waals surface area contributed by atoms with Gasteiger partial charge in [-0.05, 0) is 13.0 Å². The summed E-state index contributed by atoms with van der Waals surface area (Å²) in [7, 11) is -3.56. The molecule has 48 valence electrons. The van der Waals surface area contributed by atoms with E-state index < -0.39 is 15.0 Å². The van der Waals surface area contributed by atoms with E-state index in [-0.39, 0.29) is 0 Å². The summed E-state index contributed by atoms with van der Waals surface area (Å²) in [5, 5.41) is -1.07. The van der Waals surface area contributed by atoms with E-state index in [1.54, 1.807) is 0 Å². The zero-order valence-electron chi connectivity index (χ0n) is 4.68. The first-order chi connectivity index (χ1) is 3.48. The van der Waals surface area contributed by atoms with Crippen LogP contribution in [0.15, 0.2) is 11.2 Å². The van der Waals surface area contributed by atoms with Gasteiger partial charge >= 0.3 is 0 Å². The van der Waals surface area contributed by atoms with E-state index >= 15 is 0 Å². The topological polar surface area (TPSA) is 34.1 Å². The maximum absolute atomic E-state index is 11.9. The first-order valence-corrected chi connectivity index (χ1v) is 3.89. The van der Waals surface area contributed by atoms with Crippen LogP contribution in [0, 0.1) is 0 Å². The van der Waals surface area contributed by atoms with Crippen LogP contribution < -0.4 is 0 Å². The monoisotopic (exact) mass is 138 g/mol. The lowest BCUT2D eigenvalue weighted by molar-refractivity contribution is 0.582. The molecule has 0 amide bonds. The van der Waals surface area contributed by atoms with Gasteiger partial charge in [-0.2, -0.15) is 4.39 Å². The lowest BCUT2D eigenvalue weighted by Gasteiger charge is -1.86. The zero-order chi connectivity index (χ0) is 6.78. The molecule has 0 atom stereocenters. The van der Waals surface area contributed by atoms with E-state index in [9.17, 15) is 12.8 Å². The third-order valence-electron chi connectivity index (χ3n) is 0.581. The number of hydrogen-bond acceptors (Lipinski definition) is 2. The van der Waals surface area contributed by atoms with E-state index in [1.807, 2.05) is 0 Å². The molecule has 0 aromatic rings. The van der Waals surface area contributed by atoms with Crippen molar-refractivity contribution in [3.63, 3.8) is 0 Å². The first kappa shape index (κ1) is 7.62. The molecule has 0 saturated heterocycles. The van der Waals surface area contributed by atoms with Gasteiger partial charge < -0.3 is 0 Å². The molecule has 0 aliphatic heterocycles. The Morgan fingerprint density at radius 1 is 1.62 bits per heavy atom. The van der Waals surface area contributed by atoms with Crippen LogP contribution in [0.2, 0.25) is 0 Å². The Labute approximate surface area is 47.9 Å². The highest BCUT2D eigenvalue weighted by Crippen LogP contribution is 2.03. The molecule has 0 N–H and O–H groups in total. The van der Waals surface area contributed by atoms with Gasteiger partial charge in [-0.15, -0.1) is 0 Å². The van der Waals surface area contributed by atoms with Crippen molar-refractivity contribution < 1.29 is 12.8 Å². The third kappa shape index (κ3) is 2.07. The van der Waals surface area contributed by atoms with Crippen molar-refractivity contribution in [1.29, 1.82) is 0 Å².